The Labute approximate surface area is 158 Å². The van der Waals surface area contributed by atoms with Crippen LogP contribution in [0.3, 0.4) is 0 Å². The van der Waals surface area contributed by atoms with Gasteiger partial charge in [-0.2, -0.15) is 4.31 Å². The molecule has 140 valence electrons. The van der Waals surface area contributed by atoms with Crippen molar-refractivity contribution in [2.24, 2.45) is 0 Å². The van der Waals surface area contributed by atoms with E-state index in [4.69, 9.17) is 0 Å². The maximum absolute atomic E-state index is 12.9. The van der Waals surface area contributed by atoms with Gasteiger partial charge >= 0.3 is 0 Å². The van der Waals surface area contributed by atoms with Crippen molar-refractivity contribution in [1.29, 1.82) is 0 Å². The summed E-state index contributed by atoms with van der Waals surface area (Å²) in [7, 11) is -4.03. The smallest absolute Gasteiger partial charge is 0.273 e. The SMILES string of the molecule is O=C(NC1CCCCC1)c1ccc2c(c1)S(=O)(=O)N(c1ccccc1)C2=O. The van der Waals surface area contributed by atoms with Crippen molar-refractivity contribution in [3.05, 3.63) is 59.7 Å². The lowest BCUT2D eigenvalue weighted by atomic mass is 9.95. The summed E-state index contributed by atoms with van der Waals surface area (Å²) in [4.78, 5) is 25.1. The van der Waals surface area contributed by atoms with E-state index in [1.807, 2.05) is 0 Å². The van der Waals surface area contributed by atoms with Crippen LogP contribution in [0.25, 0.3) is 0 Å². The van der Waals surface area contributed by atoms with Crippen molar-refractivity contribution in [2.75, 3.05) is 4.31 Å². The van der Waals surface area contributed by atoms with Crippen LogP contribution in [0.5, 0.6) is 0 Å². The molecule has 0 bridgehead atoms. The van der Waals surface area contributed by atoms with Crippen LogP contribution in [-0.2, 0) is 10.0 Å². The van der Waals surface area contributed by atoms with Gasteiger partial charge in [-0.1, -0.05) is 37.5 Å². The van der Waals surface area contributed by atoms with Crippen LogP contribution in [0.15, 0.2) is 53.4 Å². The van der Waals surface area contributed by atoms with E-state index < -0.39 is 15.9 Å². The number of nitrogens with one attached hydrogen (secondary N) is 1. The second kappa shape index (κ2) is 6.81. The fourth-order valence-electron chi connectivity index (χ4n) is 3.71. The number of hydrogen-bond donors (Lipinski definition) is 1. The van der Waals surface area contributed by atoms with Gasteiger partial charge in [-0.05, 0) is 43.2 Å². The van der Waals surface area contributed by atoms with Gasteiger partial charge in [0.15, 0.2) is 0 Å². The summed E-state index contributed by atoms with van der Waals surface area (Å²) < 4.78 is 26.7. The van der Waals surface area contributed by atoms with Gasteiger partial charge in [-0.3, -0.25) is 9.59 Å². The molecule has 6 nitrogen and oxygen atoms in total. The van der Waals surface area contributed by atoms with Crippen LogP contribution < -0.4 is 9.62 Å². The van der Waals surface area contributed by atoms with Crippen molar-refractivity contribution in [3.8, 4) is 0 Å². The molecule has 0 aromatic heterocycles. The van der Waals surface area contributed by atoms with Gasteiger partial charge in [0.25, 0.3) is 21.8 Å². The second-order valence-corrected chi connectivity index (χ2v) is 8.68. The number of nitrogens with zero attached hydrogens (tertiary/aromatic N) is 1. The van der Waals surface area contributed by atoms with E-state index in [2.05, 4.69) is 5.32 Å². The molecule has 1 N–H and O–H groups in total. The van der Waals surface area contributed by atoms with Gasteiger partial charge in [-0.15, -0.1) is 0 Å². The Balaban J connectivity index is 1.65. The molecule has 0 atom stereocenters. The van der Waals surface area contributed by atoms with Gasteiger partial charge in [0, 0.05) is 11.6 Å². The molecule has 7 heteroatoms. The Morgan fingerprint density at radius 3 is 2.41 bits per heavy atom. The average molecular weight is 384 g/mol. The normalized spacial score (nSPS) is 19.0. The van der Waals surface area contributed by atoms with Gasteiger partial charge in [0.05, 0.1) is 11.3 Å². The highest BCUT2D eigenvalue weighted by Gasteiger charge is 2.42. The highest BCUT2D eigenvalue weighted by molar-refractivity contribution is 7.94. The van der Waals surface area contributed by atoms with Crippen molar-refractivity contribution in [3.63, 3.8) is 0 Å². The van der Waals surface area contributed by atoms with Crippen LogP contribution >= 0.6 is 0 Å². The number of rotatable bonds is 3. The van der Waals surface area contributed by atoms with Crippen LogP contribution in [0.4, 0.5) is 5.69 Å². The monoisotopic (exact) mass is 384 g/mol. The first kappa shape index (κ1) is 17.7. The molecular weight excluding hydrogens is 364 g/mol. The minimum absolute atomic E-state index is 0.0908. The molecule has 1 aliphatic carbocycles. The Morgan fingerprint density at radius 1 is 1.00 bits per heavy atom. The van der Waals surface area contributed by atoms with Gasteiger partial charge in [0.1, 0.15) is 4.90 Å². The largest absolute Gasteiger partial charge is 0.349 e. The predicted octanol–water partition coefficient (Wildman–Crippen LogP) is 3.10. The lowest BCUT2D eigenvalue weighted by molar-refractivity contribution is 0.0925. The van der Waals surface area contributed by atoms with Gasteiger partial charge in [-0.25, -0.2) is 8.42 Å². The number of amides is 2. The quantitative estimate of drug-likeness (QED) is 0.881. The number of anilines is 1. The number of hydrogen-bond acceptors (Lipinski definition) is 4. The minimum Gasteiger partial charge on any atom is -0.349 e. The molecule has 2 aromatic rings. The Hall–Kier alpha value is -2.67. The molecule has 2 aromatic carbocycles. The standard InChI is InChI=1S/C20H20N2O4S/c23-19(21-15-7-3-1-4-8-15)14-11-12-17-18(13-14)27(25,26)22(20(17)24)16-9-5-2-6-10-16/h2,5-6,9-13,15H,1,3-4,7-8H2,(H,21,23). The number of para-hydroxylation sites is 1. The number of carbonyl (C=O) groups is 2. The lowest BCUT2D eigenvalue weighted by Gasteiger charge is -2.22. The minimum atomic E-state index is -4.03. The molecule has 2 aliphatic rings. The summed E-state index contributed by atoms with van der Waals surface area (Å²) in [6.45, 7) is 0. The van der Waals surface area contributed by atoms with Crippen LogP contribution in [-0.4, -0.2) is 26.3 Å². The van der Waals surface area contributed by atoms with E-state index in [0.717, 1.165) is 30.0 Å². The average Bonchev–Trinajstić information content (AvgIpc) is 2.88. The molecule has 1 saturated carbocycles. The maximum atomic E-state index is 12.9. The molecule has 2 amide bonds. The molecular formula is C20H20N2O4S. The van der Waals surface area contributed by atoms with Gasteiger partial charge < -0.3 is 5.32 Å². The predicted molar refractivity (Wildman–Crippen MR) is 101 cm³/mol. The number of sulfonamides is 1. The van der Waals surface area contributed by atoms with E-state index in [1.54, 1.807) is 30.3 Å². The molecule has 0 spiro atoms. The zero-order valence-electron chi connectivity index (χ0n) is 14.7. The Bertz CT molecular complexity index is 996. The third-order valence-corrected chi connectivity index (χ3v) is 6.86. The Kier molecular flexibility index (Phi) is 4.47. The highest BCUT2D eigenvalue weighted by atomic mass is 32.2. The fourth-order valence-corrected chi connectivity index (χ4v) is 5.33. The summed E-state index contributed by atoms with van der Waals surface area (Å²) >= 11 is 0. The molecule has 1 heterocycles. The van der Waals surface area contributed by atoms with Gasteiger partial charge in [0.2, 0.25) is 0 Å². The summed E-state index contributed by atoms with van der Waals surface area (Å²) in [6, 6.07) is 12.6. The molecule has 27 heavy (non-hydrogen) atoms. The summed E-state index contributed by atoms with van der Waals surface area (Å²) in [5.74, 6) is -0.902. The van der Waals surface area contributed by atoms with Crippen LogP contribution in [0.2, 0.25) is 0 Å². The first-order chi connectivity index (χ1) is 13.0. The van der Waals surface area contributed by atoms with Crippen molar-refractivity contribution >= 4 is 27.5 Å². The number of fused-ring (bicyclic) bond motifs is 1. The van der Waals surface area contributed by atoms with E-state index in [9.17, 15) is 18.0 Å². The van der Waals surface area contributed by atoms with E-state index in [0.29, 0.717) is 0 Å². The molecule has 0 radical (unpaired) electrons. The van der Waals surface area contributed by atoms with E-state index >= 15 is 0 Å². The van der Waals surface area contributed by atoms with Crippen molar-refractivity contribution < 1.29 is 18.0 Å². The first-order valence-electron chi connectivity index (χ1n) is 9.08. The third-order valence-electron chi connectivity index (χ3n) is 5.11. The van der Waals surface area contributed by atoms with Crippen LogP contribution in [0.1, 0.15) is 52.8 Å². The van der Waals surface area contributed by atoms with Crippen molar-refractivity contribution in [1.82, 2.24) is 5.32 Å². The van der Waals surface area contributed by atoms with Crippen LogP contribution in [0, 0.1) is 0 Å². The third kappa shape index (κ3) is 3.12. The highest BCUT2D eigenvalue weighted by Crippen LogP contribution is 2.35. The second-order valence-electron chi connectivity index (χ2n) is 6.93. The number of carbonyl (C=O) groups excluding carboxylic acids is 2. The zero-order chi connectivity index (χ0) is 19.0. The van der Waals surface area contributed by atoms with Crippen molar-refractivity contribution in [2.45, 2.75) is 43.0 Å². The fraction of sp³-hybridized carbons (Fsp3) is 0.300. The zero-order valence-corrected chi connectivity index (χ0v) is 15.5. The molecule has 4 rings (SSSR count). The number of benzene rings is 2. The molecule has 0 unspecified atom stereocenters. The molecule has 1 aliphatic heterocycles. The topological polar surface area (TPSA) is 83.6 Å². The summed E-state index contributed by atoms with van der Waals surface area (Å²) in [5, 5.41) is 2.98. The first-order valence-corrected chi connectivity index (χ1v) is 10.5. The van der Waals surface area contributed by atoms with E-state index in [-0.39, 0.29) is 33.7 Å². The van der Waals surface area contributed by atoms with E-state index in [1.165, 1.54) is 24.6 Å². The molecule has 0 saturated heterocycles. The maximum Gasteiger partial charge on any atom is 0.273 e. The summed E-state index contributed by atoms with van der Waals surface area (Å²) in [5.41, 5.74) is 0.630. The Morgan fingerprint density at radius 2 is 1.70 bits per heavy atom. The molecule has 1 fully saturated rings. The summed E-state index contributed by atoms with van der Waals surface area (Å²) in [6.07, 6.45) is 5.24. The lowest BCUT2D eigenvalue weighted by Crippen LogP contribution is -2.36.